The Balaban J connectivity index is 1.45. The summed E-state index contributed by atoms with van der Waals surface area (Å²) in [6.07, 6.45) is 0.569. The molecule has 2 aromatic rings. The van der Waals surface area contributed by atoms with Crippen LogP contribution >= 0.6 is 11.3 Å². The molecule has 0 saturated carbocycles. The van der Waals surface area contributed by atoms with Crippen molar-refractivity contribution >= 4 is 34.1 Å². The Hall–Kier alpha value is -2.78. The van der Waals surface area contributed by atoms with Crippen LogP contribution in [0.1, 0.15) is 26.4 Å². The van der Waals surface area contributed by atoms with Crippen molar-refractivity contribution in [1.29, 1.82) is 0 Å². The van der Waals surface area contributed by atoms with Crippen LogP contribution in [0.4, 0.5) is 9.39 Å². The largest absolute Gasteiger partial charge is 0.336 e. The number of carbonyl (C=O) groups excluding carboxylic acids is 3. The fraction of sp³-hybridized carbons (Fsp3) is 0.381. The molecule has 0 saturated heterocycles. The molecule has 2 aliphatic rings. The average Bonchev–Trinajstić information content (AvgIpc) is 3.00. The quantitative estimate of drug-likeness (QED) is 0.805. The first kappa shape index (κ1) is 20.5. The summed E-state index contributed by atoms with van der Waals surface area (Å²) in [6.45, 7) is 1.47. The Bertz CT molecular complexity index is 1020. The van der Waals surface area contributed by atoms with E-state index >= 15 is 0 Å². The van der Waals surface area contributed by atoms with Crippen molar-refractivity contribution < 1.29 is 18.8 Å². The summed E-state index contributed by atoms with van der Waals surface area (Å²) in [7, 11) is 3.40. The van der Waals surface area contributed by atoms with E-state index in [2.05, 4.69) is 5.32 Å². The predicted molar refractivity (Wildman–Crippen MR) is 112 cm³/mol. The number of fused-ring (bicyclic) bond motifs is 3. The van der Waals surface area contributed by atoms with Gasteiger partial charge in [0.2, 0.25) is 11.8 Å². The van der Waals surface area contributed by atoms with Gasteiger partial charge < -0.3 is 15.1 Å². The van der Waals surface area contributed by atoms with Gasteiger partial charge in [-0.1, -0.05) is 18.2 Å². The highest BCUT2D eigenvalue weighted by Gasteiger charge is 2.33. The highest BCUT2D eigenvalue weighted by Crippen LogP contribution is 2.38. The van der Waals surface area contributed by atoms with E-state index in [9.17, 15) is 18.8 Å². The molecule has 1 N–H and O–H groups in total. The van der Waals surface area contributed by atoms with Gasteiger partial charge in [0.15, 0.2) is 0 Å². The molecule has 0 radical (unpaired) electrons. The molecular weight excluding hydrogens is 407 g/mol. The molecule has 9 heteroatoms. The number of nitrogens with zero attached hydrogens (tertiary/aromatic N) is 3. The van der Waals surface area contributed by atoms with E-state index in [1.807, 2.05) is 0 Å². The molecule has 0 aliphatic carbocycles. The molecule has 158 valence electrons. The summed E-state index contributed by atoms with van der Waals surface area (Å²) in [5.41, 5.74) is 2.04. The smallest absolute Gasteiger partial charge is 0.257 e. The second kappa shape index (κ2) is 8.16. The van der Waals surface area contributed by atoms with Crippen LogP contribution in [0.2, 0.25) is 0 Å². The van der Waals surface area contributed by atoms with E-state index in [0.717, 1.165) is 10.4 Å². The van der Waals surface area contributed by atoms with Gasteiger partial charge in [-0.15, -0.1) is 11.3 Å². The molecule has 3 heterocycles. The lowest BCUT2D eigenvalue weighted by atomic mass is 10.0. The highest BCUT2D eigenvalue weighted by atomic mass is 32.1. The number of thiophene rings is 1. The third-order valence-corrected chi connectivity index (χ3v) is 6.54. The minimum Gasteiger partial charge on any atom is -0.336 e. The van der Waals surface area contributed by atoms with Crippen molar-refractivity contribution in [1.82, 2.24) is 14.7 Å². The van der Waals surface area contributed by atoms with E-state index < -0.39 is 0 Å². The van der Waals surface area contributed by atoms with Gasteiger partial charge >= 0.3 is 0 Å². The molecule has 0 atom stereocenters. The van der Waals surface area contributed by atoms with Crippen molar-refractivity contribution in [3.63, 3.8) is 0 Å². The predicted octanol–water partition coefficient (Wildman–Crippen LogP) is 1.93. The molecule has 30 heavy (non-hydrogen) atoms. The first-order chi connectivity index (χ1) is 14.3. The fourth-order valence-electron chi connectivity index (χ4n) is 3.88. The third-order valence-electron chi connectivity index (χ3n) is 5.41. The average molecular weight is 431 g/mol. The van der Waals surface area contributed by atoms with Gasteiger partial charge in [-0.25, -0.2) is 4.39 Å². The number of nitrogens with one attached hydrogen (secondary N) is 1. The number of hydrogen-bond donors (Lipinski definition) is 1. The minimum absolute atomic E-state index is 0.0357. The molecule has 3 amide bonds. The number of benzene rings is 1. The minimum atomic E-state index is -0.281. The summed E-state index contributed by atoms with van der Waals surface area (Å²) >= 11 is 1.37. The van der Waals surface area contributed by atoms with E-state index in [4.69, 9.17) is 0 Å². The van der Waals surface area contributed by atoms with Crippen LogP contribution in [0.25, 0.3) is 0 Å². The maximum absolute atomic E-state index is 13.9. The Morgan fingerprint density at radius 3 is 2.80 bits per heavy atom. The first-order valence-corrected chi connectivity index (χ1v) is 10.5. The van der Waals surface area contributed by atoms with E-state index in [1.54, 1.807) is 42.1 Å². The number of hydrogen-bond acceptors (Lipinski definition) is 5. The number of carbonyl (C=O) groups is 3. The molecule has 0 unspecified atom stereocenters. The van der Waals surface area contributed by atoms with Crippen molar-refractivity contribution in [2.75, 3.05) is 39.0 Å². The topological polar surface area (TPSA) is 73.0 Å². The summed E-state index contributed by atoms with van der Waals surface area (Å²) in [6, 6.07) is 6.54. The van der Waals surface area contributed by atoms with Crippen molar-refractivity contribution in [2.24, 2.45) is 0 Å². The summed E-state index contributed by atoms with van der Waals surface area (Å²) in [4.78, 5) is 43.4. The van der Waals surface area contributed by atoms with Crippen molar-refractivity contribution in [2.45, 2.75) is 19.5 Å². The van der Waals surface area contributed by atoms with Crippen LogP contribution in [0.5, 0.6) is 0 Å². The van der Waals surface area contributed by atoms with Crippen LogP contribution in [-0.4, -0.2) is 66.2 Å². The second-order valence-corrected chi connectivity index (χ2v) is 8.85. The van der Waals surface area contributed by atoms with Gasteiger partial charge in [-0.2, -0.15) is 0 Å². The number of rotatable bonds is 4. The zero-order valence-electron chi connectivity index (χ0n) is 16.9. The molecule has 4 rings (SSSR count). The molecule has 1 aromatic carbocycles. The van der Waals surface area contributed by atoms with E-state index in [-0.39, 0.29) is 36.6 Å². The van der Waals surface area contributed by atoms with E-state index in [0.29, 0.717) is 42.2 Å². The second-order valence-electron chi connectivity index (χ2n) is 7.75. The number of likely N-dealkylation sites (N-methyl/N-ethyl adjacent to an activating group) is 2. The molecular formula is C21H23FN4O3S. The monoisotopic (exact) mass is 430 g/mol. The Morgan fingerprint density at radius 1 is 1.27 bits per heavy atom. The van der Waals surface area contributed by atoms with Gasteiger partial charge in [0.1, 0.15) is 10.8 Å². The van der Waals surface area contributed by atoms with Crippen LogP contribution in [0.3, 0.4) is 0 Å². The zero-order chi connectivity index (χ0) is 21.4. The number of amides is 3. The summed E-state index contributed by atoms with van der Waals surface area (Å²) in [5, 5.41) is 3.39. The summed E-state index contributed by atoms with van der Waals surface area (Å²) in [5.74, 6) is -0.706. The normalized spacial score (nSPS) is 16.3. The molecule has 7 nitrogen and oxygen atoms in total. The lowest BCUT2D eigenvalue weighted by Gasteiger charge is -2.29. The maximum atomic E-state index is 13.9. The molecule has 0 fully saturated rings. The number of anilines is 1. The lowest BCUT2D eigenvalue weighted by Crippen LogP contribution is -2.41. The van der Waals surface area contributed by atoms with Gasteiger partial charge in [-0.3, -0.25) is 19.3 Å². The molecule has 1 aromatic heterocycles. The third kappa shape index (κ3) is 3.95. The summed E-state index contributed by atoms with van der Waals surface area (Å²) < 4.78 is 13.9. The van der Waals surface area contributed by atoms with Crippen LogP contribution in [0.15, 0.2) is 24.3 Å². The molecule has 0 spiro atoms. The lowest BCUT2D eigenvalue weighted by molar-refractivity contribution is -0.133. The van der Waals surface area contributed by atoms with Crippen molar-refractivity contribution in [3.8, 4) is 0 Å². The zero-order valence-corrected chi connectivity index (χ0v) is 17.7. The van der Waals surface area contributed by atoms with Crippen LogP contribution in [-0.2, 0) is 29.1 Å². The van der Waals surface area contributed by atoms with Gasteiger partial charge in [0, 0.05) is 30.6 Å². The van der Waals surface area contributed by atoms with Crippen LogP contribution < -0.4 is 5.32 Å². The SMILES string of the molecule is CN(CC(=O)N1CCc2c(sc3c2C(=O)N(C)CC(=O)N3)C1)Cc1ccccc1F. The van der Waals surface area contributed by atoms with E-state index in [1.165, 1.54) is 22.3 Å². The maximum Gasteiger partial charge on any atom is 0.257 e. The number of halogens is 1. The Morgan fingerprint density at radius 2 is 2.03 bits per heavy atom. The van der Waals surface area contributed by atoms with Crippen molar-refractivity contribution in [3.05, 3.63) is 51.7 Å². The van der Waals surface area contributed by atoms with Crippen LogP contribution in [0, 0.1) is 5.82 Å². The highest BCUT2D eigenvalue weighted by molar-refractivity contribution is 7.17. The van der Waals surface area contributed by atoms with Gasteiger partial charge in [-0.05, 0) is 25.1 Å². The first-order valence-electron chi connectivity index (χ1n) is 9.73. The standard InChI is InChI=1S/C21H23FN4O3S/c1-24(9-13-5-3-4-6-15(13)22)12-18(28)26-8-7-14-16(10-26)30-20-19(14)21(29)25(2)11-17(27)23-20/h3-6H,7-12H2,1-2H3,(H,23,27). The van der Waals surface area contributed by atoms with Gasteiger partial charge in [0.25, 0.3) is 5.91 Å². The molecule has 0 bridgehead atoms. The Labute approximate surface area is 178 Å². The fourth-order valence-corrected chi connectivity index (χ4v) is 5.15. The Kier molecular flexibility index (Phi) is 5.57. The van der Waals surface area contributed by atoms with Gasteiger partial charge in [0.05, 0.1) is 25.2 Å². The molecule has 2 aliphatic heterocycles.